The number of hydrogen-bond donors (Lipinski definition) is 12. The third-order valence-electron chi connectivity index (χ3n) is 18.3. The average Bonchev–Trinajstić information content (AvgIpc) is 1.93. The van der Waals surface area contributed by atoms with E-state index >= 15 is 0 Å². The van der Waals surface area contributed by atoms with Gasteiger partial charge in [0.15, 0.2) is 18.9 Å². The second-order valence-electron chi connectivity index (χ2n) is 26.1. The first-order valence-corrected chi connectivity index (χ1v) is 36.1. The van der Waals surface area contributed by atoms with Crippen molar-refractivity contribution in [3.63, 3.8) is 0 Å². The molecule has 0 bridgehead atoms. The zero-order valence-corrected chi connectivity index (χ0v) is 55.4. The fourth-order valence-electron chi connectivity index (χ4n) is 12.4. The van der Waals surface area contributed by atoms with Gasteiger partial charge in [0.25, 0.3) is 0 Å². The van der Waals surface area contributed by atoms with Crippen molar-refractivity contribution in [3.8, 4) is 0 Å². The van der Waals surface area contributed by atoms with Gasteiger partial charge >= 0.3 is 0 Å². The summed E-state index contributed by atoms with van der Waals surface area (Å²) < 4.78 is 34.4. The molecule has 0 aromatic rings. The lowest BCUT2D eigenvalue weighted by Crippen LogP contribution is -2.66. The van der Waals surface area contributed by atoms with Gasteiger partial charge in [0.1, 0.15) is 73.2 Å². The van der Waals surface area contributed by atoms with Crippen LogP contribution in [0.1, 0.15) is 284 Å². The van der Waals surface area contributed by atoms with Crippen molar-refractivity contribution in [2.24, 2.45) is 0 Å². The molecule has 19 nitrogen and oxygen atoms in total. The molecule has 3 fully saturated rings. The molecule has 3 aliphatic rings. The lowest BCUT2D eigenvalue weighted by molar-refractivity contribution is -0.379. The highest BCUT2D eigenvalue weighted by molar-refractivity contribution is 5.76. The Morgan fingerprint density at radius 1 is 0.404 bits per heavy atom. The first-order valence-electron chi connectivity index (χ1n) is 36.1. The Hall–Kier alpha value is -1.73. The molecular weight excluding hydrogens is 1140 g/mol. The van der Waals surface area contributed by atoms with Gasteiger partial charge in [-0.1, -0.05) is 256 Å². The number of allylic oxidation sites excluding steroid dienone is 4. The lowest BCUT2D eigenvalue weighted by Gasteiger charge is -2.48. The summed E-state index contributed by atoms with van der Waals surface area (Å²) in [4.78, 5) is 13.4. The van der Waals surface area contributed by atoms with E-state index in [-0.39, 0.29) is 18.9 Å². The van der Waals surface area contributed by atoms with Crippen LogP contribution in [0, 0.1) is 0 Å². The molecule has 524 valence electrons. The maximum Gasteiger partial charge on any atom is 0.220 e. The molecule has 0 spiro atoms. The van der Waals surface area contributed by atoms with Crippen molar-refractivity contribution in [1.82, 2.24) is 5.32 Å². The third kappa shape index (κ3) is 34.5. The van der Waals surface area contributed by atoms with Gasteiger partial charge in [-0.2, -0.15) is 0 Å². The van der Waals surface area contributed by atoms with Crippen LogP contribution in [-0.4, -0.2) is 193 Å². The van der Waals surface area contributed by atoms with Crippen molar-refractivity contribution in [1.29, 1.82) is 0 Å². The standard InChI is InChI=1S/C70H131NO18/c1-3-5-7-9-11-13-15-17-19-21-23-25-26-28-29-31-33-35-37-39-41-43-45-47-54(75)53(71-58(76)48-46-44-42-40-38-36-34-32-30-27-24-22-20-18-16-14-12-10-8-6-4-2)52-84-68-64(82)61(79)66(56(50-73)86-68)89-70-65(83)62(80)67(57(51-74)87-70)88-69-63(81)60(78)59(77)55(49-72)85-69/h16,18,22,24,53-57,59-70,72-75,77-83H,3-15,17,19-21,23,25-52H2,1-2H3,(H,71,76)/b18-16-,24-22-. The van der Waals surface area contributed by atoms with E-state index in [1.54, 1.807) is 0 Å². The largest absolute Gasteiger partial charge is 0.394 e. The maximum absolute atomic E-state index is 13.4. The summed E-state index contributed by atoms with van der Waals surface area (Å²) in [5.74, 6) is -0.244. The van der Waals surface area contributed by atoms with E-state index in [1.807, 2.05) is 0 Å². The highest BCUT2D eigenvalue weighted by Gasteiger charge is 2.53. The fraction of sp³-hybridized carbons (Fsp3) is 0.929. The Kier molecular flexibility index (Phi) is 48.1. The molecule has 0 aromatic heterocycles. The van der Waals surface area contributed by atoms with Crippen molar-refractivity contribution >= 4 is 5.91 Å². The van der Waals surface area contributed by atoms with Crippen LogP contribution in [-0.2, 0) is 33.2 Å². The predicted octanol–water partition coefficient (Wildman–Crippen LogP) is 9.83. The predicted molar refractivity (Wildman–Crippen MR) is 346 cm³/mol. The summed E-state index contributed by atoms with van der Waals surface area (Å²) in [7, 11) is 0. The minimum atomic E-state index is -1.97. The monoisotopic (exact) mass is 1270 g/mol. The quantitative estimate of drug-likeness (QED) is 0.0199. The number of nitrogens with one attached hydrogen (secondary N) is 1. The van der Waals surface area contributed by atoms with Gasteiger partial charge in [0, 0.05) is 6.42 Å². The number of ether oxygens (including phenoxy) is 6. The minimum Gasteiger partial charge on any atom is -0.394 e. The van der Waals surface area contributed by atoms with Crippen LogP contribution in [0.15, 0.2) is 24.3 Å². The first-order chi connectivity index (χ1) is 43.3. The van der Waals surface area contributed by atoms with Crippen molar-refractivity contribution in [2.75, 3.05) is 26.4 Å². The number of rotatable bonds is 56. The Labute approximate surface area is 537 Å². The SMILES string of the molecule is CCCCCCC/C=C\C/C=C\CCCCCCCCCCCC(=O)NC(COC1OC(CO)C(OC2OC(CO)C(OC3OC(CO)C(O)C(O)C3O)C(O)C2O)C(O)C1O)C(O)CCCCCCCCCCCCCCCCCCCCCCCCC. The zero-order chi connectivity index (χ0) is 64.7. The number of amides is 1. The topological polar surface area (TPSA) is 307 Å². The molecule has 3 saturated heterocycles. The molecule has 17 atom stereocenters. The van der Waals surface area contributed by atoms with Gasteiger partial charge in [0.05, 0.1) is 38.6 Å². The second-order valence-corrected chi connectivity index (χ2v) is 26.1. The zero-order valence-electron chi connectivity index (χ0n) is 55.4. The third-order valence-corrected chi connectivity index (χ3v) is 18.3. The molecule has 0 aromatic carbocycles. The molecule has 3 aliphatic heterocycles. The van der Waals surface area contributed by atoms with Crippen LogP contribution in [0.3, 0.4) is 0 Å². The van der Waals surface area contributed by atoms with Gasteiger partial charge in [-0.15, -0.1) is 0 Å². The summed E-state index contributed by atoms with van der Waals surface area (Å²) in [5.41, 5.74) is 0. The van der Waals surface area contributed by atoms with E-state index in [0.717, 1.165) is 57.8 Å². The van der Waals surface area contributed by atoms with Crippen LogP contribution >= 0.6 is 0 Å². The van der Waals surface area contributed by atoms with E-state index in [9.17, 15) is 61.0 Å². The lowest BCUT2D eigenvalue weighted by atomic mass is 9.96. The number of aliphatic hydroxyl groups is 11. The summed E-state index contributed by atoms with van der Waals surface area (Å²) in [5, 5.41) is 121. The smallest absolute Gasteiger partial charge is 0.220 e. The van der Waals surface area contributed by atoms with Crippen LogP contribution in [0.25, 0.3) is 0 Å². The number of carbonyl (C=O) groups excluding carboxylic acids is 1. The van der Waals surface area contributed by atoms with Gasteiger partial charge in [-0.25, -0.2) is 0 Å². The van der Waals surface area contributed by atoms with E-state index in [4.69, 9.17) is 28.4 Å². The summed E-state index contributed by atoms with van der Waals surface area (Å²) in [6.45, 7) is 1.82. The molecule has 0 radical (unpaired) electrons. The highest BCUT2D eigenvalue weighted by atomic mass is 16.8. The molecule has 0 saturated carbocycles. The summed E-state index contributed by atoms with van der Waals surface area (Å²) >= 11 is 0. The van der Waals surface area contributed by atoms with Crippen LogP contribution in [0.4, 0.5) is 0 Å². The molecule has 3 rings (SSSR count). The number of aliphatic hydroxyl groups excluding tert-OH is 11. The van der Waals surface area contributed by atoms with E-state index in [1.165, 1.54) is 193 Å². The Bertz CT molecular complexity index is 1710. The fourth-order valence-corrected chi connectivity index (χ4v) is 12.4. The van der Waals surface area contributed by atoms with Crippen LogP contribution in [0.2, 0.25) is 0 Å². The molecular formula is C70H131NO18. The number of hydrogen-bond acceptors (Lipinski definition) is 18. The van der Waals surface area contributed by atoms with Gasteiger partial charge in [-0.3, -0.25) is 4.79 Å². The molecule has 19 heteroatoms. The molecule has 17 unspecified atom stereocenters. The molecule has 0 aliphatic carbocycles. The van der Waals surface area contributed by atoms with Crippen LogP contribution in [0.5, 0.6) is 0 Å². The molecule has 1 amide bonds. The Morgan fingerprint density at radius 3 is 1.15 bits per heavy atom. The van der Waals surface area contributed by atoms with E-state index < -0.39 is 124 Å². The van der Waals surface area contributed by atoms with Crippen molar-refractivity contribution in [3.05, 3.63) is 24.3 Å². The Balaban J connectivity index is 1.42. The first kappa shape index (κ1) is 81.5. The van der Waals surface area contributed by atoms with Gasteiger partial charge in [-0.05, 0) is 44.9 Å². The summed E-state index contributed by atoms with van der Waals surface area (Å²) in [6.07, 6.45) is 32.5. The van der Waals surface area contributed by atoms with Crippen molar-refractivity contribution in [2.45, 2.75) is 388 Å². The maximum atomic E-state index is 13.4. The molecule has 12 N–H and O–H groups in total. The molecule has 3 heterocycles. The van der Waals surface area contributed by atoms with E-state index in [0.29, 0.717) is 12.8 Å². The van der Waals surface area contributed by atoms with E-state index in [2.05, 4.69) is 43.5 Å². The summed E-state index contributed by atoms with van der Waals surface area (Å²) in [6, 6.07) is -0.889. The van der Waals surface area contributed by atoms with Gasteiger partial charge in [0.2, 0.25) is 5.91 Å². The minimum absolute atomic E-state index is 0.244. The van der Waals surface area contributed by atoms with Crippen LogP contribution < -0.4 is 5.32 Å². The molecule has 89 heavy (non-hydrogen) atoms. The average molecular weight is 1270 g/mol. The number of carbonyl (C=O) groups is 1. The highest BCUT2D eigenvalue weighted by Crippen LogP contribution is 2.33. The number of unbranched alkanes of at least 4 members (excludes halogenated alkanes) is 36. The van der Waals surface area contributed by atoms with Crippen molar-refractivity contribution < 1.29 is 89.4 Å². The van der Waals surface area contributed by atoms with Gasteiger partial charge < -0.3 is 89.9 Å². The normalized spacial score (nSPS) is 28.3. The second kappa shape index (κ2) is 52.5. The Morgan fingerprint density at radius 2 is 0.742 bits per heavy atom.